The molecule has 11 atom stereocenters. The second-order valence-electron chi connectivity index (χ2n) is 11.6. The second kappa shape index (κ2) is 8.04. The number of esters is 1. The first-order valence-corrected chi connectivity index (χ1v) is 12.2. The molecule has 0 bridgehead atoms. The summed E-state index contributed by atoms with van der Waals surface area (Å²) in [6.07, 6.45) is 6.60. The van der Waals surface area contributed by atoms with Gasteiger partial charge in [-0.1, -0.05) is 20.8 Å². The zero-order chi connectivity index (χ0) is 21.8. The number of hydrogen-bond donors (Lipinski definition) is 3. The van der Waals surface area contributed by atoms with Gasteiger partial charge in [0, 0.05) is 6.42 Å². The molecule has 0 aromatic rings. The molecule has 0 radical (unpaired) electrons. The van der Waals surface area contributed by atoms with Gasteiger partial charge in [-0.05, 0) is 97.7 Å². The maximum absolute atomic E-state index is 11.7. The van der Waals surface area contributed by atoms with Crippen molar-refractivity contribution in [3.63, 3.8) is 0 Å². The van der Waals surface area contributed by atoms with Crippen LogP contribution in [0.3, 0.4) is 0 Å². The molecule has 5 heteroatoms. The lowest BCUT2D eigenvalue weighted by Crippen LogP contribution is -2.62. The van der Waals surface area contributed by atoms with Crippen molar-refractivity contribution >= 4 is 5.97 Å². The molecule has 4 saturated carbocycles. The van der Waals surface area contributed by atoms with E-state index in [0.717, 1.165) is 51.4 Å². The molecule has 4 rings (SSSR count). The minimum Gasteiger partial charge on any atom is -0.469 e. The van der Waals surface area contributed by atoms with Crippen LogP contribution >= 0.6 is 0 Å². The largest absolute Gasteiger partial charge is 0.469 e. The molecule has 0 aromatic heterocycles. The van der Waals surface area contributed by atoms with E-state index in [-0.39, 0.29) is 41.0 Å². The van der Waals surface area contributed by atoms with Crippen molar-refractivity contribution in [2.45, 2.75) is 96.9 Å². The van der Waals surface area contributed by atoms with Crippen LogP contribution in [0.2, 0.25) is 0 Å². The lowest BCUT2D eigenvalue weighted by Gasteiger charge is -2.63. The fourth-order valence-electron chi connectivity index (χ4n) is 8.78. The molecule has 0 aromatic carbocycles. The Morgan fingerprint density at radius 1 is 1.07 bits per heavy atom. The number of ether oxygens (including phenoxy) is 1. The van der Waals surface area contributed by atoms with Gasteiger partial charge < -0.3 is 20.1 Å². The Morgan fingerprint density at radius 2 is 1.80 bits per heavy atom. The third kappa shape index (κ3) is 3.34. The number of fused-ring (bicyclic) bond motifs is 5. The number of methoxy groups -OCH3 is 1. The molecular formula is C25H42O5. The minimum atomic E-state index is -0.369. The van der Waals surface area contributed by atoms with E-state index in [0.29, 0.717) is 36.0 Å². The zero-order valence-electron chi connectivity index (χ0n) is 19.2. The van der Waals surface area contributed by atoms with Crippen LogP contribution in [0.25, 0.3) is 0 Å². The quantitative estimate of drug-likeness (QED) is 0.603. The molecule has 172 valence electrons. The summed E-state index contributed by atoms with van der Waals surface area (Å²) >= 11 is 0. The summed E-state index contributed by atoms with van der Waals surface area (Å²) in [7, 11) is 1.44. The van der Waals surface area contributed by atoms with E-state index < -0.39 is 0 Å². The van der Waals surface area contributed by atoms with E-state index in [4.69, 9.17) is 4.74 Å². The van der Waals surface area contributed by atoms with Crippen molar-refractivity contribution in [1.82, 2.24) is 0 Å². The molecular weight excluding hydrogens is 380 g/mol. The van der Waals surface area contributed by atoms with Gasteiger partial charge in [0.2, 0.25) is 0 Å². The Hall–Kier alpha value is -0.650. The minimum absolute atomic E-state index is 0.111. The monoisotopic (exact) mass is 422 g/mol. The molecule has 0 aliphatic heterocycles. The normalized spacial score (nSPS) is 51.4. The first-order chi connectivity index (χ1) is 14.1. The third-order valence-corrected chi connectivity index (χ3v) is 10.6. The zero-order valence-corrected chi connectivity index (χ0v) is 19.2. The van der Waals surface area contributed by atoms with Crippen LogP contribution in [0.15, 0.2) is 0 Å². The number of aliphatic hydroxyl groups is 3. The van der Waals surface area contributed by atoms with Crippen LogP contribution in [0.1, 0.15) is 78.6 Å². The first-order valence-electron chi connectivity index (χ1n) is 12.2. The van der Waals surface area contributed by atoms with E-state index in [1.54, 1.807) is 0 Å². The van der Waals surface area contributed by atoms with Crippen LogP contribution in [-0.2, 0) is 9.53 Å². The van der Waals surface area contributed by atoms with Crippen molar-refractivity contribution in [3.8, 4) is 0 Å². The van der Waals surface area contributed by atoms with E-state index in [1.807, 2.05) is 0 Å². The molecule has 0 saturated heterocycles. The molecule has 4 aliphatic rings. The highest BCUT2D eigenvalue weighted by atomic mass is 16.5. The van der Waals surface area contributed by atoms with Gasteiger partial charge in [-0.2, -0.15) is 0 Å². The Bertz CT molecular complexity index is 651. The van der Waals surface area contributed by atoms with Crippen molar-refractivity contribution < 1.29 is 24.9 Å². The highest BCUT2D eigenvalue weighted by Crippen LogP contribution is 2.68. The van der Waals surface area contributed by atoms with E-state index in [2.05, 4.69) is 20.8 Å². The lowest BCUT2D eigenvalue weighted by atomic mass is 9.43. The number of hydrogen-bond acceptors (Lipinski definition) is 5. The van der Waals surface area contributed by atoms with Crippen molar-refractivity contribution in [2.24, 2.45) is 46.3 Å². The van der Waals surface area contributed by atoms with Crippen LogP contribution in [0.4, 0.5) is 0 Å². The summed E-state index contributed by atoms with van der Waals surface area (Å²) in [6, 6.07) is 0. The molecule has 0 unspecified atom stereocenters. The van der Waals surface area contributed by atoms with E-state index >= 15 is 0 Å². The first kappa shape index (κ1) is 22.5. The van der Waals surface area contributed by atoms with Crippen molar-refractivity contribution in [1.29, 1.82) is 0 Å². The maximum atomic E-state index is 11.7. The molecule has 0 heterocycles. The van der Waals surface area contributed by atoms with Gasteiger partial charge in [-0.3, -0.25) is 4.79 Å². The standard InChI is InChI=1S/C25H42O5/c1-14(5-8-22(29)30-4)17-6-7-18-23-19(13-21(28)25(17,18)3)24(2)10-9-16(26)11-15(24)12-20(23)27/h14-21,23,26-28H,5-13H2,1-4H3/t14-,15-,16+,17-,18+,19-,20+,21-,23+,24-,25+/m0/s1. The van der Waals surface area contributed by atoms with E-state index in [1.165, 1.54) is 7.11 Å². The Kier molecular flexibility index (Phi) is 6.04. The van der Waals surface area contributed by atoms with Gasteiger partial charge in [0.05, 0.1) is 25.4 Å². The fraction of sp³-hybridized carbons (Fsp3) is 0.960. The van der Waals surface area contributed by atoms with Crippen LogP contribution in [0, 0.1) is 46.3 Å². The summed E-state index contributed by atoms with van der Waals surface area (Å²) in [5, 5.41) is 33.1. The van der Waals surface area contributed by atoms with Crippen molar-refractivity contribution in [3.05, 3.63) is 0 Å². The van der Waals surface area contributed by atoms with Gasteiger partial charge in [0.15, 0.2) is 0 Å². The number of rotatable bonds is 4. The second-order valence-corrected chi connectivity index (χ2v) is 11.6. The number of carbonyl (C=O) groups is 1. The lowest BCUT2D eigenvalue weighted by molar-refractivity contribution is -0.207. The Labute approximate surface area is 181 Å². The van der Waals surface area contributed by atoms with Gasteiger partial charge in [0.25, 0.3) is 0 Å². The number of aliphatic hydroxyl groups excluding tert-OH is 3. The summed E-state index contributed by atoms with van der Waals surface area (Å²) in [5.41, 5.74) is -0.0882. The highest BCUT2D eigenvalue weighted by Gasteiger charge is 2.65. The average molecular weight is 423 g/mol. The molecule has 0 spiro atoms. The van der Waals surface area contributed by atoms with E-state index in [9.17, 15) is 20.1 Å². The van der Waals surface area contributed by atoms with Gasteiger partial charge in [0.1, 0.15) is 0 Å². The smallest absolute Gasteiger partial charge is 0.305 e. The third-order valence-electron chi connectivity index (χ3n) is 10.6. The predicted octanol–water partition coefficient (Wildman–Crippen LogP) is 3.54. The molecule has 5 nitrogen and oxygen atoms in total. The van der Waals surface area contributed by atoms with Gasteiger partial charge in [-0.15, -0.1) is 0 Å². The topological polar surface area (TPSA) is 87.0 Å². The highest BCUT2D eigenvalue weighted by molar-refractivity contribution is 5.69. The molecule has 4 fully saturated rings. The average Bonchev–Trinajstić information content (AvgIpc) is 3.06. The van der Waals surface area contributed by atoms with Crippen LogP contribution in [0.5, 0.6) is 0 Å². The SMILES string of the molecule is COC(=O)CC[C@H](C)[C@@H]1CC[C@@H]2[C@H]3[C@H](O)C[C@@H]4C[C@H](O)CC[C@]4(C)[C@H]3C[C@H](O)[C@@]21C. The van der Waals surface area contributed by atoms with Crippen LogP contribution < -0.4 is 0 Å². The molecule has 3 N–H and O–H groups in total. The molecule has 4 aliphatic carbocycles. The van der Waals surface area contributed by atoms with Gasteiger partial charge >= 0.3 is 5.97 Å². The maximum Gasteiger partial charge on any atom is 0.305 e. The Morgan fingerprint density at radius 3 is 2.50 bits per heavy atom. The number of carbonyl (C=O) groups excluding carboxylic acids is 1. The molecule has 0 amide bonds. The molecule has 30 heavy (non-hydrogen) atoms. The summed E-state index contributed by atoms with van der Waals surface area (Å²) < 4.78 is 4.83. The Balaban J connectivity index is 1.58. The van der Waals surface area contributed by atoms with Gasteiger partial charge in [-0.25, -0.2) is 0 Å². The summed E-state index contributed by atoms with van der Waals surface area (Å²) in [5.74, 6) is 1.81. The van der Waals surface area contributed by atoms with Crippen LogP contribution in [-0.4, -0.2) is 46.7 Å². The summed E-state index contributed by atoms with van der Waals surface area (Å²) in [4.78, 5) is 11.7. The summed E-state index contributed by atoms with van der Waals surface area (Å²) in [6.45, 7) is 6.85. The predicted molar refractivity (Wildman–Crippen MR) is 114 cm³/mol. The van der Waals surface area contributed by atoms with Crippen molar-refractivity contribution in [2.75, 3.05) is 7.11 Å². The fourth-order valence-corrected chi connectivity index (χ4v) is 8.78.